The van der Waals surface area contributed by atoms with Gasteiger partial charge in [-0.1, -0.05) is 140 Å². The highest BCUT2D eigenvalue weighted by Crippen LogP contribution is 2.44. The molecule has 0 saturated heterocycles. The Labute approximate surface area is 272 Å². The summed E-state index contributed by atoms with van der Waals surface area (Å²) < 4.78 is 2.67. The van der Waals surface area contributed by atoms with Gasteiger partial charge in [0.2, 0.25) is 0 Å². The molecule has 46 heavy (non-hydrogen) atoms. The van der Waals surface area contributed by atoms with Gasteiger partial charge in [-0.2, -0.15) is 0 Å². The van der Waals surface area contributed by atoms with Crippen molar-refractivity contribution in [2.45, 2.75) is 0 Å². The number of nitrogens with zero attached hydrogens (tertiary/aromatic N) is 1. The maximum Gasteiger partial charge on any atom is 0.0540 e. The molecule has 0 unspecified atom stereocenters. The van der Waals surface area contributed by atoms with Crippen LogP contribution in [0.1, 0.15) is 0 Å². The van der Waals surface area contributed by atoms with Crippen LogP contribution in [0.15, 0.2) is 176 Å². The molecule has 0 atom stereocenters. The second-order valence-electron chi connectivity index (χ2n) is 11.7. The van der Waals surface area contributed by atoms with Gasteiger partial charge >= 0.3 is 0 Å². The topological polar surface area (TPSA) is 3.24 Å². The third kappa shape index (κ3) is 4.46. The fourth-order valence-electron chi connectivity index (χ4n) is 6.87. The van der Waals surface area contributed by atoms with Gasteiger partial charge in [-0.15, -0.1) is 11.3 Å². The van der Waals surface area contributed by atoms with Gasteiger partial charge in [-0.3, -0.25) is 0 Å². The summed E-state index contributed by atoms with van der Waals surface area (Å²) in [5, 5.41) is 7.57. The van der Waals surface area contributed by atoms with Crippen LogP contribution in [-0.4, -0.2) is 0 Å². The lowest BCUT2D eigenvalue weighted by Crippen LogP contribution is -2.10. The van der Waals surface area contributed by atoms with Crippen LogP contribution in [0.4, 0.5) is 17.1 Å². The van der Waals surface area contributed by atoms with E-state index in [-0.39, 0.29) is 0 Å². The van der Waals surface area contributed by atoms with E-state index in [9.17, 15) is 0 Å². The van der Waals surface area contributed by atoms with Crippen molar-refractivity contribution in [1.82, 2.24) is 0 Å². The SMILES string of the molecule is c1ccc(-c2cccc3c2sc2ccccc23)c(-c2ccc(N(c3ccc4ccccc4c3)c3cccc4ccccc34)cc2)c1. The first-order chi connectivity index (χ1) is 22.8. The predicted octanol–water partition coefficient (Wildman–Crippen LogP) is 13.2. The van der Waals surface area contributed by atoms with E-state index < -0.39 is 0 Å². The van der Waals surface area contributed by atoms with E-state index in [1.165, 1.54) is 64.0 Å². The number of hydrogen-bond donors (Lipinski definition) is 0. The highest BCUT2D eigenvalue weighted by Gasteiger charge is 2.17. The van der Waals surface area contributed by atoms with Gasteiger partial charge in [0.25, 0.3) is 0 Å². The van der Waals surface area contributed by atoms with Gasteiger partial charge in [0.15, 0.2) is 0 Å². The molecule has 0 spiro atoms. The molecule has 1 nitrogen and oxygen atoms in total. The number of thiophene rings is 1. The quantitative estimate of drug-likeness (QED) is 0.189. The second kappa shape index (κ2) is 11.0. The Morgan fingerprint density at radius 1 is 0.370 bits per heavy atom. The fraction of sp³-hybridized carbons (Fsp3) is 0. The van der Waals surface area contributed by atoms with E-state index in [1.807, 2.05) is 11.3 Å². The van der Waals surface area contributed by atoms with Gasteiger partial charge < -0.3 is 4.90 Å². The summed E-state index contributed by atoms with van der Waals surface area (Å²) in [6, 6.07) is 63.9. The lowest BCUT2D eigenvalue weighted by Gasteiger charge is -2.27. The smallest absolute Gasteiger partial charge is 0.0540 e. The lowest BCUT2D eigenvalue weighted by atomic mass is 9.93. The van der Waals surface area contributed by atoms with Crippen molar-refractivity contribution in [3.05, 3.63) is 176 Å². The average molecular weight is 604 g/mol. The molecule has 0 amide bonds. The number of fused-ring (bicyclic) bond motifs is 5. The minimum absolute atomic E-state index is 1.12. The Kier molecular flexibility index (Phi) is 6.40. The highest BCUT2D eigenvalue weighted by molar-refractivity contribution is 7.26. The molecule has 9 aromatic rings. The van der Waals surface area contributed by atoms with E-state index >= 15 is 0 Å². The van der Waals surface area contributed by atoms with Gasteiger partial charge in [-0.05, 0) is 69.2 Å². The van der Waals surface area contributed by atoms with E-state index in [2.05, 4.69) is 181 Å². The molecule has 0 bridgehead atoms. The van der Waals surface area contributed by atoms with Gasteiger partial charge in [0.1, 0.15) is 0 Å². The van der Waals surface area contributed by atoms with Crippen LogP contribution in [0.5, 0.6) is 0 Å². The lowest BCUT2D eigenvalue weighted by molar-refractivity contribution is 1.30. The standard InChI is InChI=1S/C44H29NS/c1-2-13-33-29-35(28-23-30(33)11-1)45(42-21-9-14-31-12-3-4-16-37(31)42)34-26-24-32(25-27-34)36-15-5-6-17-38(36)40-19-10-20-41-39-18-7-8-22-43(39)46-44(40)41/h1-29H. The van der Waals surface area contributed by atoms with Crippen LogP contribution in [0.25, 0.3) is 64.0 Å². The highest BCUT2D eigenvalue weighted by atomic mass is 32.1. The molecular weight excluding hydrogens is 575 g/mol. The third-order valence-electron chi connectivity index (χ3n) is 9.06. The van der Waals surface area contributed by atoms with Crippen LogP contribution in [-0.2, 0) is 0 Å². The summed E-state index contributed by atoms with van der Waals surface area (Å²) in [7, 11) is 0. The molecule has 0 aliphatic carbocycles. The first-order valence-corrected chi connectivity index (χ1v) is 16.5. The Bertz CT molecular complexity index is 2530. The summed E-state index contributed by atoms with van der Waals surface area (Å²) in [6.45, 7) is 0. The monoisotopic (exact) mass is 603 g/mol. The van der Waals surface area contributed by atoms with Crippen molar-refractivity contribution in [2.75, 3.05) is 4.90 Å². The normalized spacial score (nSPS) is 11.5. The minimum Gasteiger partial charge on any atom is -0.310 e. The summed E-state index contributed by atoms with van der Waals surface area (Å²) in [5.41, 5.74) is 8.41. The van der Waals surface area contributed by atoms with Crippen LogP contribution in [0, 0.1) is 0 Å². The molecule has 0 aliphatic heterocycles. The largest absolute Gasteiger partial charge is 0.310 e. The first-order valence-electron chi connectivity index (χ1n) is 15.7. The molecule has 0 saturated carbocycles. The van der Waals surface area contributed by atoms with Gasteiger partial charge in [0.05, 0.1) is 5.69 Å². The van der Waals surface area contributed by atoms with Crippen molar-refractivity contribution in [2.24, 2.45) is 0 Å². The average Bonchev–Trinajstić information content (AvgIpc) is 3.51. The van der Waals surface area contributed by atoms with Crippen molar-refractivity contribution in [1.29, 1.82) is 0 Å². The number of hydrogen-bond acceptors (Lipinski definition) is 2. The fourth-order valence-corrected chi connectivity index (χ4v) is 8.10. The zero-order chi connectivity index (χ0) is 30.5. The molecule has 1 heterocycles. The first kappa shape index (κ1) is 26.7. The van der Waals surface area contributed by atoms with Gasteiger partial charge in [0, 0.05) is 42.5 Å². The number of anilines is 3. The molecule has 8 aromatic carbocycles. The van der Waals surface area contributed by atoms with Crippen molar-refractivity contribution < 1.29 is 0 Å². The molecule has 0 radical (unpaired) electrons. The predicted molar refractivity (Wildman–Crippen MR) is 200 cm³/mol. The molecule has 1 aromatic heterocycles. The zero-order valence-corrected chi connectivity index (χ0v) is 25.9. The number of rotatable bonds is 5. The summed E-state index contributed by atoms with van der Waals surface area (Å²) in [4.78, 5) is 2.39. The summed E-state index contributed by atoms with van der Waals surface area (Å²) in [5.74, 6) is 0. The Balaban J connectivity index is 1.19. The molecule has 9 rings (SSSR count). The minimum atomic E-state index is 1.12. The molecule has 0 fully saturated rings. The van der Waals surface area contributed by atoms with E-state index in [4.69, 9.17) is 0 Å². The molecular formula is C44H29NS. The van der Waals surface area contributed by atoms with Gasteiger partial charge in [-0.25, -0.2) is 0 Å². The van der Waals surface area contributed by atoms with Crippen LogP contribution >= 0.6 is 11.3 Å². The Hall–Kier alpha value is -5.70. The maximum atomic E-state index is 2.39. The third-order valence-corrected chi connectivity index (χ3v) is 10.3. The van der Waals surface area contributed by atoms with Crippen molar-refractivity contribution >= 4 is 70.1 Å². The maximum absolute atomic E-state index is 2.39. The Morgan fingerprint density at radius 3 is 1.85 bits per heavy atom. The van der Waals surface area contributed by atoms with Crippen LogP contribution in [0.2, 0.25) is 0 Å². The summed E-state index contributed by atoms with van der Waals surface area (Å²) in [6.07, 6.45) is 0. The Morgan fingerprint density at radius 2 is 0.978 bits per heavy atom. The molecule has 216 valence electrons. The summed E-state index contributed by atoms with van der Waals surface area (Å²) >= 11 is 1.88. The number of benzene rings is 8. The van der Waals surface area contributed by atoms with Crippen molar-refractivity contribution in [3.8, 4) is 22.3 Å². The van der Waals surface area contributed by atoms with Crippen LogP contribution in [0.3, 0.4) is 0 Å². The zero-order valence-electron chi connectivity index (χ0n) is 25.1. The van der Waals surface area contributed by atoms with Crippen molar-refractivity contribution in [3.63, 3.8) is 0 Å². The van der Waals surface area contributed by atoms with E-state index in [0.717, 1.165) is 17.1 Å². The molecule has 2 heteroatoms. The van der Waals surface area contributed by atoms with E-state index in [1.54, 1.807) is 0 Å². The van der Waals surface area contributed by atoms with E-state index in [0.29, 0.717) is 0 Å². The molecule has 0 N–H and O–H groups in total. The second-order valence-corrected chi connectivity index (χ2v) is 12.8. The van der Waals surface area contributed by atoms with Crippen LogP contribution < -0.4 is 4.90 Å². The molecule has 0 aliphatic rings.